The first-order chi connectivity index (χ1) is 13.1. The van der Waals surface area contributed by atoms with Crippen molar-refractivity contribution in [1.82, 2.24) is 4.98 Å². The van der Waals surface area contributed by atoms with E-state index in [4.69, 9.17) is 16.3 Å². The van der Waals surface area contributed by atoms with Crippen molar-refractivity contribution < 1.29 is 13.9 Å². The minimum atomic E-state index is -0.478. The number of aromatic nitrogens is 1. The smallest absolute Gasteiger partial charge is 0.255 e. The van der Waals surface area contributed by atoms with Crippen molar-refractivity contribution in [3.63, 3.8) is 0 Å². The number of nitrogens with one attached hydrogen (secondary N) is 1. The molecule has 1 aliphatic heterocycles. The zero-order valence-electron chi connectivity index (χ0n) is 14.4. The molecule has 3 aromatic rings. The highest BCUT2D eigenvalue weighted by Gasteiger charge is 2.15. The number of hydrogen-bond acceptors (Lipinski definition) is 4. The number of pyridine rings is 1. The molecule has 2 heterocycles. The molecule has 0 spiro atoms. The minimum absolute atomic E-state index is 0.281. The van der Waals surface area contributed by atoms with Gasteiger partial charge in [-0.05, 0) is 48.5 Å². The lowest BCUT2D eigenvalue weighted by atomic mass is 10.1. The normalized spacial score (nSPS) is 14.4. The summed E-state index contributed by atoms with van der Waals surface area (Å²) < 4.78 is 20.0. The van der Waals surface area contributed by atoms with Gasteiger partial charge in [0.05, 0.1) is 13.2 Å². The molecule has 1 fully saturated rings. The summed E-state index contributed by atoms with van der Waals surface area (Å²) in [5, 5.41) is 3.88. The van der Waals surface area contributed by atoms with Gasteiger partial charge in [0, 0.05) is 34.7 Å². The van der Waals surface area contributed by atoms with Crippen molar-refractivity contribution in [2.75, 3.05) is 36.5 Å². The van der Waals surface area contributed by atoms with Crippen LogP contribution in [0.4, 0.5) is 15.9 Å². The van der Waals surface area contributed by atoms with Gasteiger partial charge < -0.3 is 15.0 Å². The van der Waals surface area contributed by atoms with Gasteiger partial charge in [-0.15, -0.1) is 0 Å². The Balaban J connectivity index is 1.59. The average Bonchev–Trinajstić information content (AvgIpc) is 2.69. The molecule has 1 amide bonds. The summed E-state index contributed by atoms with van der Waals surface area (Å²) in [7, 11) is 0. The fourth-order valence-corrected chi connectivity index (χ4v) is 3.15. The van der Waals surface area contributed by atoms with Crippen LogP contribution < -0.4 is 10.2 Å². The van der Waals surface area contributed by atoms with E-state index in [1.54, 1.807) is 30.3 Å². The van der Waals surface area contributed by atoms with E-state index in [0.717, 1.165) is 18.9 Å². The fraction of sp³-hybridized carbons (Fsp3) is 0.200. The van der Waals surface area contributed by atoms with E-state index in [-0.39, 0.29) is 11.4 Å². The number of benzene rings is 2. The number of anilines is 2. The van der Waals surface area contributed by atoms with Crippen LogP contribution in [-0.4, -0.2) is 37.2 Å². The van der Waals surface area contributed by atoms with E-state index in [1.807, 2.05) is 12.1 Å². The molecule has 4 rings (SSSR count). The number of rotatable bonds is 3. The molecule has 7 heteroatoms. The van der Waals surface area contributed by atoms with Gasteiger partial charge in [0.15, 0.2) is 5.82 Å². The Hall–Kier alpha value is -2.70. The highest BCUT2D eigenvalue weighted by molar-refractivity contribution is 6.30. The van der Waals surface area contributed by atoms with Gasteiger partial charge in [0.1, 0.15) is 11.3 Å². The lowest BCUT2D eigenvalue weighted by Gasteiger charge is -2.28. The first-order valence-corrected chi connectivity index (χ1v) is 8.98. The molecule has 1 saturated heterocycles. The molecule has 0 aliphatic carbocycles. The molecule has 27 heavy (non-hydrogen) atoms. The lowest BCUT2D eigenvalue weighted by Crippen LogP contribution is -2.36. The maximum absolute atomic E-state index is 14.6. The van der Waals surface area contributed by atoms with Crippen molar-refractivity contribution in [1.29, 1.82) is 0 Å². The second-order valence-corrected chi connectivity index (χ2v) is 6.70. The van der Waals surface area contributed by atoms with Gasteiger partial charge >= 0.3 is 0 Å². The number of halogens is 2. The third-order valence-corrected chi connectivity index (χ3v) is 4.68. The van der Waals surface area contributed by atoms with Crippen LogP contribution in [0.3, 0.4) is 0 Å². The van der Waals surface area contributed by atoms with Crippen LogP contribution in [0.15, 0.2) is 48.5 Å². The number of morpholine rings is 1. The maximum atomic E-state index is 14.6. The summed E-state index contributed by atoms with van der Waals surface area (Å²) in [5.74, 6) is -0.0834. The van der Waals surface area contributed by atoms with Crippen molar-refractivity contribution in [3.8, 4) is 0 Å². The zero-order chi connectivity index (χ0) is 18.8. The van der Waals surface area contributed by atoms with Crippen molar-refractivity contribution in [2.45, 2.75) is 0 Å². The molecule has 0 saturated carbocycles. The van der Waals surface area contributed by atoms with Crippen LogP contribution in [0.2, 0.25) is 5.02 Å². The van der Waals surface area contributed by atoms with Gasteiger partial charge in [-0.25, -0.2) is 9.37 Å². The highest BCUT2D eigenvalue weighted by Crippen LogP contribution is 2.25. The summed E-state index contributed by atoms with van der Waals surface area (Å²) in [6, 6.07) is 13.2. The number of fused-ring (bicyclic) bond motifs is 1. The van der Waals surface area contributed by atoms with Crippen LogP contribution in [0.5, 0.6) is 0 Å². The quantitative estimate of drug-likeness (QED) is 0.737. The monoisotopic (exact) mass is 385 g/mol. The van der Waals surface area contributed by atoms with Crippen LogP contribution in [0, 0.1) is 5.82 Å². The number of carbonyl (C=O) groups excluding carboxylic acids is 1. The molecule has 138 valence electrons. The maximum Gasteiger partial charge on any atom is 0.255 e. The minimum Gasteiger partial charge on any atom is -0.378 e. The second-order valence-electron chi connectivity index (χ2n) is 6.26. The molecule has 0 unspecified atom stereocenters. The Morgan fingerprint density at radius 2 is 1.85 bits per heavy atom. The third-order valence-electron chi connectivity index (χ3n) is 4.43. The van der Waals surface area contributed by atoms with Gasteiger partial charge in [0.2, 0.25) is 0 Å². The Kier molecular flexibility index (Phi) is 4.92. The molecule has 1 aromatic heterocycles. The molecule has 5 nitrogen and oxygen atoms in total. The Labute approximate surface area is 160 Å². The van der Waals surface area contributed by atoms with Gasteiger partial charge in [0.25, 0.3) is 5.91 Å². The molecular formula is C20H17ClFN3O2. The van der Waals surface area contributed by atoms with Crippen molar-refractivity contribution in [2.24, 2.45) is 0 Å². The predicted molar refractivity (Wildman–Crippen MR) is 104 cm³/mol. The molecule has 0 radical (unpaired) electrons. The summed E-state index contributed by atoms with van der Waals surface area (Å²) in [6.07, 6.45) is 0. The summed E-state index contributed by atoms with van der Waals surface area (Å²) in [6.45, 7) is 2.74. The average molecular weight is 386 g/mol. The first-order valence-electron chi connectivity index (χ1n) is 8.60. The fourth-order valence-electron chi connectivity index (χ4n) is 3.03. The Bertz CT molecular complexity index is 988. The molecule has 1 aliphatic rings. The van der Waals surface area contributed by atoms with E-state index in [0.29, 0.717) is 34.9 Å². The number of nitrogens with zero attached hydrogens (tertiary/aromatic N) is 2. The van der Waals surface area contributed by atoms with Gasteiger partial charge in [-0.1, -0.05) is 11.6 Å². The number of ether oxygens (including phenoxy) is 1. The topological polar surface area (TPSA) is 54.5 Å². The Morgan fingerprint density at radius 1 is 1.11 bits per heavy atom. The van der Waals surface area contributed by atoms with Gasteiger partial charge in [-0.2, -0.15) is 0 Å². The summed E-state index contributed by atoms with van der Waals surface area (Å²) in [4.78, 5) is 18.8. The van der Waals surface area contributed by atoms with Crippen LogP contribution in [0.25, 0.3) is 10.9 Å². The largest absolute Gasteiger partial charge is 0.378 e. The standard InChI is InChI=1S/C20H17ClFN3O2/c21-15-4-1-13(2-5-15)20(26)23-16-11-14-3-6-18(24-19(14)17(22)12-16)25-7-9-27-10-8-25/h1-6,11-12H,7-10H2,(H,23,26). The number of amides is 1. The zero-order valence-corrected chi connectivity index (χ0v) is 15.2. The molecule has 1 N–H and O–H groups in total. The Morgan fingerprint density at radius 3 is 2.59 bits per heavy atom. The van der Waals surface area contributed by atoms with E-state index in [9.17, 15) is 9.18 Å². The summed E-state index contributed by atoms with van der Waals surface area (Å²) >= 11 is 5.83. The SMILES string of the molecule is O=C(Nc1cc(F)c2nc(N3CCOCC3)ccc2c1)c1ccc(Cl)cc1. The van der Waals surface area contributed by atoms with Crippen LogP contribution in [0.1, 0.15) is 10.4 Å². The van der Waals surface area contributed by atoms with E-state index in [2.05, 4.69) is 15.2 Å². The summed E-state index contributed by atoms with van der Waals surface area (Å²) in [5.41, 5.74) is 1.10. The lowest BCUT2D eigenvalue weighted by molar-refractivity contribution is 0.102. The second kappa shape index (κ2) is 7.50. The first kappa shape index (κ1) is 17.7. The predicted octanol–water partition coefficient (Wildman–Crippen LogP) is 4.12. The van der Waals surface area contributed by atoms with E-state index < -0.39 is 5.82 Å². The van der Waals surface area contributed by atoms with Crippen LogP contribution in [-0.2, 0) is 4.74 Å². The molecule has 2 aromatic carbocycles. The third kappa shape index (κ3) is 3.86. The molecular weight excluding hydrogens is 369 g/mol. The molecule has 0 bridgehead atoms. The number of hydrogen-bond donors (Lipinski definition) is 1. The van der Waals surface area contributed by atoms with E-state index >= 15 is 0 Å². The van der Waals surface area contributed by atoms with Crippen LogP contribution >= 0.6 is 11.6 Å². The molecule has 0 atom stereocenters. The van der Waals surface area contributed by atoms with Gasteiger partial charge in [-0.3, -0.25) is 4.79 Å². The number of carbonyl (C=O) groups is 1. The van der Waals surface area contributed by atoms with Crippen molar-refractivity contribution >= 4 is 39.9 Å². The van der Waals surface area contributed by atoms with Crippen molar-refractivity contribution in [3.05, 3.63) is 64.9 Å². The van der Waals surface area contributed by atoms with E-state index in [1.165, 1.54) is 6.07 Å². The highest BCUT2D eigenvalue weighted by atomic mass is 35.5.